The largest absolute Gasteiger partial charge is 0.494 e. The van der Waals surface area contributed by atoms with Crippen molar-refractivity contribution in [2.75, 3.05) is 19.0 Å². The minimum Gasteiger partial charge on any atom is -0.494 e. The van der Waals surface area contributed by atoms with Gasteiger partial charge in [0.05, 0.1) is 31.1 Å². The molecule has 0 atom stereocenters. The van der Waals surface area contributed by atoms with Crippen LogP contribution in [0.2, 0.25) is 0 Å². The number of rotatable bonds is 9. The van der Waals surface area contributed by atoms with E-state index in [0.29, 0.717) is 22.4 Å². The van der Waals surface area contributed by atoms with Gasteiger partial charge >= 0.3 is 6.18 Å². The number of hydrogen-bond donors (Lipinski definition) is 2. The minimum absolute atomic E-state index is 0.133. The van der Waals surface area contributed by atoms with Crippen LogP contribution in [0.1, 0.15) is 46.7 Å². The highest BCUT2D eigenvalue weighted by atomic mass is 19.4. The second-order valence-electron chi connectivity index (χ2n) is 9.40. The Morgan fingerprint density at radius 1 is 1.15 bits per heavy atom. The maximum atomic E-state index is 14.7. The van der Waals surface area contributed by atoms with Gasteiger partial charge in [0.1, 0.15) is 0 Å². The van der Waals surface area contributed by atoms with E-state index in [-0.39, 0.29) is 28.9 Å². The first-order valence-electron chi connectivity index (χ1n) is 12.3. The maximum Gasteiger partial charge on any atom is 0.390 e. The highest BCUT2D eigenvalue weighted by Crippen LogP contribution is 2.47. The Kier molecular flexibility index (Phi) is 6.98. The Morgan fingerprint density at radius 2 is 1.85 bits per heavy atom. The second-order valence-corrected chi connectivity index (χ2v) is 9.40. The average molecular weight is 562 g/mol. The molecule has 13 heteroatoms. The van der Waals surface area contributed by atoms with Crippen LogP contribution in [0.15, 0.2) is 36.5 Å². The molecule has 4 aromatic rings. The van der Waals surface area contributed by atoms with E-state index < -0.39 is 42.4 Å². The molecule has 2 heterocycles. The molecule has 210 valence electrons. The molecule has 5 rings (SSSR count). The van der Waals surface area contributed by atoms with Gasteiger partial charge in [-0.1, -0.05) is 6.07 Å². The first-order chi connectivity index (χ1) is 19.0. The first-order valence-corrected chi connectivity index (χ1v) is 12.3. The van der Waals surface area contributed by atoms with E-state index in [2.05, 4.69) is 15.4 Å². The minimum atomic E-state index is -4.40. The number of alkyl halides is 3. The summed E-state index contributed by atoms with van der Waals surface area (Å²) in [7, 11) is 1.18. The number of nitrogens with one attached hydrogen (secondary N) is 1. The van der Waals surface area contributed by atoms with Gasteiger partial charge in [0.25, 0.3) is 0 Å². The number of imidazole rings is 1. The Morgan fingerprint density at radius 3 is 2.50 bits per heavy atom. The SMILES string of the molecule is COc1ccc(Oc2cc(NCCC(F)(F)F)c3ncc(-c4ccc(C(N)=O)c(C)c4C4CC4)n3n2)c(F)c1F. The van der Waals surface area contributed by atoms with Crippen molar-refractivity contribution in [3.05, 3.63) is 64.9 Å². The molecule has 3 N–H and O–H groups in total. The Hall–Kier alpha value is -4.42. The lowest BCUT2D eigenvalue weighted by atomic mass is 9.92. The number of primary amides is 1. The molecule has 1 amide bonds. The van der Waals surface area contributed by atoms with Gasteiger partial charge in [-0.2, -0.15) is 22.0 Å². The number of hydrogen-bond acceptors (Lipinski definition) is 6. The summed E-state index contributed by atoms with van der Waals surface area (Å²) in [6.07, 6.45) is -2.22. The van der Waals surface area contributed by atoms with E-state index in [1.807, 2.05) is 0 Å². The van der Waals surface area contributed by atoms with E-state index in [9.17, 15) is 26.7 Å². The first kappa shape index (κ1) is 27.2. The van der Waals surface area contributed by atoms with Gasteiger partial charge in [-0.15, -0.1) is 5.10 Å². The van der Waals surface area contributed by atoms with Gasteiger partial charge in [0.2, 0.25) is 23.4 Å². The van der Waals surface area contributed by atoms with E-state index in [1.165, 1.54) is 30.0 Å². The molecule has 0 unspecified atom stereocenters. The van der Waals surface area contributed by atoms with Crippen LogP contribution in [-0.2, 0) is 0 Å². The fourth-order valence-corrected chi connectivity index (χ4v) is 4.63. The second kappa shape index (κ2) is 10.3. The monoisotopic (exact) mass is 561 g/mol. The topological polar surface area (TPSA) is 104 Å². The summed E-state index contributed by atoms with van der Waals surface area (Å²) < 4.78 is 79.2. The van der Waals surface area contributed by atoms with Crippen LogP contribution in [0.4, 0.5) is 27.6 Å². The summed E-state index contributed by atoms with van der Waals surface area (Å²) in [6.45, 7) is 1.32. The van der Waals surface area contributed by atoms with E-state index in [0.717, 1.165) is 24.5 Å². The van der Waals surface area contributed by atoms with E-state index in [1.54, 1.807) is 19.1 Å². The summed E-state index contributed by atoms with van der Waals surface area (Å²) in [6, 6.07) is 6.88. The third-order valence-electron chi connectivity index (χ3n) is 6.66. The standard InChI is InChI=1S/C27H24F5N5O3/c1-13-15(25(33)38)5-6-16(22(13)14-3-4-14)18-12-35-26-17(34-10-9-27(30,31)32)11-21(36-37(18)26)40-20-8-7-19(39-2)23(28)24(20)29/h5-8,11-12,14,34H,3-4,9-10H2,1-2H3,(H2,33,38). The van der Waals surface area contributed by atoms with Gasteiger partial charge in [-0.25, -0.2) is 9.50 Å². The quantitative estimate of drug-likeness (QED) is 0.239. The molecule has 0 spiro atoms. The summed E-state index contributed by atoms with van der Waals surface area (Å²) in [5.41, 5.74) is 9.02. The van der Waals surface area contributed by atoms with Crippen LogP contribution in [0.3, 0.4) is 0 Å². The zero-order valence-electron chi connectivity index (χ0n) is 21.4. The number of ether oxygens (including phenoxy) is 2. The number of carbonyl (C=O) groups excluding carboxylic acids is 1. The van der Waals surface area contributed by atoms with Crippen LogP contribution in [-0.4, -0.2) is 40.3 Å². The van der Waals surface area contributed by atoms with Crippen molar-refractivity contribution >= 4 is 17.2 Å². The molecule has 1 fully saturated rings. The number of carbonyl (C=O) groups is 1. The summed E-state index contributed by atoms with van der Waals surface area (Å²) in [5, 5.41) is 7.10. The predicted octanol–water partition coefficient (Wildman–Crippen LogP) is 6.12. The zero-order valence-corrected chi connectivity index (χ0v) is 21.4. The van der Waals surface area contributed by atoms with Gasteiger partial charge in [-0.05, 0) is 55.0 Å². The third-order valence-corrected chi connectivity index (χ3v) is 6.66. The zero-order chi connectivity index (χ0) is 28.8. The Balaban J connectivity index is 1.64. The molecule has 1 saturated carbocycles. The number of nitrogens with two attached hydrogens (primary N) is 1. The molecule has 8 nitrogen and oxygen atoms in total. The Bertz CT molecular complexity index is 1610. The van der Waals surface area contributed by atoms with Crippen molar-refractivity contribution in [2.45, 2.75) is 38.3 Å². The van der Waals surface area contributed by atoms with Crippen molar-refractivity contribution in [1.29, 1.82) is 0 Å². The van der Waals surface area contributed by atoms with Gasteiger partial charge in [0, 0.05) is 23.7 Å². The number of nitrogens with zero attached hydrogens (tertiary/aromatic N) is 3. The summed E-state index contributed by atoms with van der Waals surface area (Å²) in [5.74, 6) is -4.05. The van der Waals surface area contributed by atoms with Crippen molar-refractivity contribution in [3.63, 3.8) is 0 Å². The van der Waals surface area contributed by atoms with Crippen LogP contribution in [0.5, 0.6) is 17.4 Å². The average Bonchev–Trinajstić information content (AvgIpc) is 3.64. The number of halogens is 5. The van der Waals surface area contributed by atoms with Crippen molar-refractivity contribution in [1.82, 2.24) is 14.6 Å². The number of fused-ring (bicyclic) bond motifs is 1. The number of aromatic nitrogens is 3. The van der Waals surface area contributed by atoms with Gasteiger partial charge < -0.3 is 20.5 Å². The van der Waals surface area contributed by atoms with Crippen molar-refractivity contribution < 1.29 is 36.2 Å². The normalized spacial score (nSPS) is 13.5. The predicted molar refractivity (Wildman–Crippen MR) is 136 cm³/mol. The van der Waals surface area contributed by atoms with Crippen molar-refractivity contribution in [3.8, 4) is 28.6 Å². The van der Waals surface area contributed by atoms with Crippen LogP contribution in [0.25, 0.3) is 16.9 Å². The van der Waals surface area contributed by atoms with Crippen LogP contribution >= 0.6 is 0 Å². The highest BCUT2D eigenvalue weighted by Gasteiger charge is 2.31. The molecule has 40 heavy (non-hydrogen) atoms. The highest BCUT2D eigenvalue weighted by molar-refractivity contribution is 5.95. The molecule has 2 aromatic heterocycles. The maximum absolute atomic E-state index is 14.7. The molecule has 0 aliphatic heterocycles. The molecule has 2 aromatic carbocycles. The molecule has 0 radical (unpaired) electrons. The molecular weight excluding hydrogens is 537 g/mol. The van der Waals surface area contributed by atoms with Crippen molar-refractivity contribution in [2.24, 2.45) is 5.73 Å². The number of anilines is 1. The number of methoxy groups -OCH3 is 1. The van der Waals surface area contributed by atoms with E-state index in [4.69, 9.17) is 15.2 Å². The Labute approximate surface area is 224 Å². The van der Waals surface area contributed by atoms with Gasteiger partial charge in [-0.3, -0.25) is 4.79 Å². The molecule has 1 aliphatic rings. The lowest BCUT2D eigenvalue weighted by Gasteiger charge is -2.16. The fourth-order valence-electron chi connectivity index (χ4n) is 4.63. The molecule has 1 aliphatic carbocycles. The smallest absolute Gasteiger partial charge is 0.390 e. The molecule has 0 bridgehead atoms. The van der Waals surface area contributed by atoms with Crippen LogP contribution in [0, 0.1) is 18.6 Å². The summed E-state index contributed by atoms with van der Waals surface area (Å²) >= 11 is 0. The number of benzene rings is 2. The lowest BCUT2D eigenvalue weighted by Crippen LogP contribution is -2.15. The molecular formula is C27H24F5N5O3. The third kappa shape index (κ3) is 5.23. The lowest BCUT2D eigenvalue weighted by molar-refractivity contribution is -0.131. The van der Waals surface area contributed by atoms with Crippen LogP contribution < -0.4 is 20.5 Å². The summed E-state index contributed by atoms with van der Waals surface area (Å²) in [4.78, 5) is 16.4. The molecule has 0 saturated heterocycles. The number of amides is 1. The van der Waals surface area contributed by atoms with E-state index >= 15 is 0 Å². The van der Waals surface area contributed by atoms with Gasteiger partial charge in [0.15, 0.2) is 17.1 Å². The fraction of sp³-hybridized carbons (Fsp3) is 0.296.